The van der Waals surface area contributed by atoms with Crippen molar-refractivity contribution in [2.45, 2.75) is 39.8 Å². The molecule has 122 valence electrons. The Bertz CT molecular complexity index is 612. The number of hydrogen-bond acceptors (Lipinski definition) is 2. The molecule has 0 aliphatic heterocycles. The third kappa shape index (κ3) is 5.47. The Morgan fingerprint density at radius 1 is 1.27 bits per heavy atom. The van der Waals surface area contributed by atoms with Gasteiger partial charge in [0.1, 0.15) is 0 Å². The molecule has 0 spiro atoms. The van der Waals surface area contributed by atoms with Crippen molar-refractivity contribution in [1.29, 1.82) is 0 Å². The van der Waals surface area contributed by atoms with Gasteiger partial charge in [-0.1, -0.05) is 12.1 Å². The number of fused-ring (bicyclic) bond motifs is 1. The number of para-hydroxylation sites is 2. The molecule has 0 amide bonds. The molecular weight excluding hydrogens is 389 g/mol. The molecule has 1 heterocycles. The van der Waals surface area contributed by atoms with Crippen LogP contribution in [0.25, 0.3) is 11.0 Å². The number of guanidine groups is 1. The van der Waals surface area contributed by atoms with Crippen LogP contribution in [0.3, 0.4) is 0 Å². The molecule has 0 bridgehead atoms. The molecule has 1 aromatic carbocycles. The zero-order valence-electron chi connectivity index (χ0n) is 13.8. The average molecular weight is 415 g/mol. The van der Waals surface area contributed by atoms with E-state index in [1.807, 2.05) is 24.5 Å². The maximum Gasteiger partial charge on any atom is 0.191 e. The molecule has 22 heavy (non-hydrogen) atoms. The van der Waals surface area contributed by atoms with E-state index in [1.165, 1.54) is 0 Å². The molecule has 0 atom stereocenters. The van der Waals surface area contributed by atoms with Gasteiger partial charge in [0.05, 0.1) is 23.9 Å². The summed E-state index contributed by atoms with van der Waals surface area (Å²) in [6.07, 6.45) is 1.88. The highest BCUT2D eigenvalue weighted by Crippen LogP contribution is 2.11. The fourth-order valence-corrected chi connectivity index (χ4v) is 2.12. The predicted molar refractivity (Wildman–Crippen MR) is 104 cm³/mol. The van der Waals surface area contributed by atoms with Gasteiger partial charge in [-0.15, -0.1) is 24.0 Å². The minimum absolute atomic E-state index is 0. The van der Waals surface area contributed by atoms with E-state index in [9.17, 15) is 0 Å². The highest BCUT2D eigenvalue weighted by molar-refractivity contribution is 14.0. The SMILES string of the molecule is CCNC(=NCCn1cnc2ccccc21)NC(C)(C)C.I. The van der Waals surface area contributed by atoms with Crippen molar-refractivity contribution in [2.24, 2.45) is 4.99 Å². The fourth-order valence-electron chi connectivity index (χ4n) is 2.12. The molecule has 0 aliphatic rings. The molecule has 0 radical (unpaired) electrons. The van der Waals surface area contributed by atoms with Crippen molar-refractivity contribution in [3.63, 3.8) is 0 Å². The summed E-state index contributed by atoms with van der Waals surface area (Å²) in [4.78, 5) is 9.02. The predicted octanol–water partition coefficient (Wildman–Crippen LogP) is 3.01. The van der Waals surface area contributed by atoms with Gasteiger partial charge in [0.2, 0.25) is 0 Å². The number of hydrogen-bond donors (Lipinski definition) is 2. The van der Waals surface area contributed by atoms with Crippen LogP contribution in [0.5, 0.6) is 0 Å². The molecule has 0 fully saturated rings. The normalized spacial score (nSPS) is 12.1. The van der Waals surface area contributed by atoms with Crippen LogP contribution < -0.4 is 10.6 Å². The second-order valence-electron chi connectivity index (χ2n) is 6.06. The summed E-state index contributed by atoms with van der Waals surface area (Å²) in [7, 11) is 0. The first-order valence-corrected chi connectivity index (χ1v) is 7.46. The lowest BCUT2D eigenvalue weighted by atomic mass is 10.1. The van der Waals surface area contributed by atoms with Crippen LogP contribution in [0.2, 0.25) is 0 Å². The van der Waals surface area contributed by atoms with Crippen molar-refractivity contribution in [3.8, 4) is 0 Å². The second-order valence-corrected chi connectivity index (χ2v) is 6.06. The molecule has 0 saturated heterocycles. The van der Waals surface area contributed by atoms with E-state index in [2.05, 4.69) is 58.9 Å². The van der Waals surface area contributed by atoms with Crippen LogP contribution in [-0.2, 0) is 6.54 Å². The highest BCUT2D eigenvalue weighted by atomic mass is 127. The first-order valence-electron chi connectivity index (χ1n) is 7.46. The number of aliphatic imine (C=N–C) groups is 1. The molecule has 2 aromatic rings. The maximum atomic E-state index is 4.63. The summed E-state index contributed by atoms with van der Waals surface area (Å²) in [5, 5.41) is 6.66. The van der Waals surface area contributed by atoms with Crippen molar-refractivity contribution >= 4 is 41.0 Å². The largest absolute Gasteiger partial charge is 0.357 e. The molecule has 0 saturated carbocycles. The van der Waals surface area contributed by atoms with Crippen molar-refractivity contribution in [3.05, 3.63) is 30.6 Å². The molecule has 2 N–H and O–H groups in total. The Hall–Kier alpha value is -1.31. The third-order valence-corrected chi connectivity index (χ3v) is 2.98. The Kier molecular flexibility index (Phi) is 7.12. The molecule has 5 nitrogen and oxygen atoms in total. The lowest BCUT2D eigenvalue weighted by Gasteiger charge is -2.23. The van der Waals surface area contributed by atoms with E-state index < -0.39 is 0 Å². The number of rotatable bonds is 4. The highest BCUT2D eigenvalue weighted by Gasteiger charge is 2.11. The second kappa shape index (κ2) is 8.36. The van der Waals surface area contributed by atoms with Gasteiger partial charge in [-0.3, -0.25) is 4.99 Å². The van der Waals surface area contributed by atoms with E-state index in [4.69, 9.17) is 0 Å². The van der Waals surface area contributed by atoms with Crippen molar-refractivity contribution in [2.75, 3.05) is 13.1 Å². The van der Waals surface area contributed by atoms with Crippen LogP contribution in [-0.4, -0.2) is 34.1 Å². The van der Waals surface area contributed by atoms with E-state index in [1.54, 1.807) is 0 Å². The Balaban J connectivity index is 0.00000242. The number of nitrogens with zero attached hydrogens (tertiary/aromatic N) is 3. The van der Waals surface area contributed by atoms with Gasteiger partial charge in [-0.25, -0.2) is 4.98 Å². The molecular formula is C16H26IN5. The minimum Gasteiger partial charge on any atom is -0.357 e. The summed E-state index contributed by atoms with van der Waals surface area (Å²) in [5.41, 5.74) is 2.19. The van der Waals surface area contributed by atoms with Gasteiger partial charge >= 0.3 is 0 Å². The first-order chi connectivity index (χ1) is 9.99. The van der Waals surface area contributed by atoms with Gasteiger partial charge in [-0.05, 0) is 39.8 Å². The first kappa shape index (κ1) is 18.7. The number of aromatic nitrogens is 2. The number of imidazole rings is 1. The van der Waals surface area contributed by atoms with Gasteiger partial charge in [0.15, 0.2) is 5.96 Å². The van der Waals surface area contributed by atoms with Crippen LogP contribution in [0, 0.1) is 0 Å². The van der Waals surface area contributed by atoms with Crippen LogP contribution >= 0.6 is 24.0 Å². The Morgan fingerprint density at radius 2 is 2.00 bits per heavy atom. The third-order valence-electron chi connectivity index (χ3n) is 2.98. The zero-order chi connectivity index (χ0) is 15.3. The number of benzene rings is 1. The van der Waals surface area contributed by atoms with E-state index in [-0.39, 0.29) is 29.5 Å². The quantitative estimate of drug-likeness (QED) is 0.459. The zero-order valence-corrected chi connectivity index (χ0v) is 16.1. The molecule has 0 unspecified atom stereocenters. The minimum atomic E-state index is 0. The average Bonchev–Trinajstić information content (AvgIpc) is 2.81. The maximum absolute atomic E-state index is 4.63. The summed E-state index contributed by atoms with van der Waals surface area (Å²) in [6.45, 7) is 10.8. The Morgan fingerprint density at radius 3 is 2.68 bits per heavy atom. The smallest absolute Gasteiger partial charge is 0.191 e. The van der Waals surface area contributed by atoms with E-state index >= 15 is 0 Å². The molecule has 0 aliphatic carbocycles. The van der Waals surface area contributed by atoms with Crippen LogP contribution in [0.4, 0.5) is 0 Å². The molecule has 1 aromatic heterocycles. The fraction of sp³-hybridized carbons (Fsp3) is 0.500. The molecule has 6 heteroatoms. The standard InChI is InChI=1S/C16H25N5.HI/c1-5-17-15(20-16(2,3)4)18-10-11-21-12-19-13-8-6-7-9-14(13)21;/h6-9,12H,5,10-11H2,1-4H3,(H2,17,18,20);1H. The van der Waals surface area contributed by atoms with Crippen LogP contribution in [0.15, 0.2) is 35.6 Å². The Labute approximate surface area is 149 Å². The molecule has 2 rings (SSSR count). The van der Waals surface area contributed by atoms with Gasteiger partial charge in [0.25, 0.3) is 0 Å². The summed E-state index contributed by atoms with van der Waals surface area (Å²) in [5.74, 6) is 0.856. The number of halogens is 1. The summed E-state index contributed by atoms with van der Waals surface area (Å²) < 4.78 is 2.14. The summed E-state index contributed by atoms with van der Waals surface area (Å²) >= 11 is 0. The lowest BCUT2D eigenvalue weighted by Crippen LogP contribution is -2.47. The van der Waals surface area contributed by atoms with Gasteiger partial charge in [-0.2, -0.15) is 0 Å². The monoisotopic (exact) mass is 415 g/mol. The lowest BCUT2D eigenvalue weighted by molar-refractivity contribution is 0.501. The van der Waals surface area contributed by atoms with Gasteiger partial charge in [0, 0.05) is 18.6 Å². The topological polar surface area (TPSA) is 54.2 Å². The summed E-state index contributed by atoms with van der Waals surface area (Å²) in [6, 6.07) is 8.16. The van der Waals surface area contributed by atoms with Crippen LogP contribution in [0.1, 0.15) is 27.7 Å². The van der Waals surface area contributed by atoms with Gasteiger partial charge < -0.3 is 15.2 Å². The van der Waals surface area contributed by atoms with Crippen molar-refractivity contribution in [1.82, 2.24) is 20.2 Å². The number of nitrogens with one attached hydrogen (secondary N) is 2. The van der Waals surface area contributed by atoms with E-state index in [0.717, 1.165) is 30.1 Å². The van der Waals surface area contributed by atoms with E-state index in [0.29, 0.717) is 6.54 Å². The van der Waals surface area contributed by atoms with Crippen molar-refractivity contribution < 1.29 is 0 Å².